The highest BCUT2D eigenvalue weighted by atomic mass is 35.5. The molecule has 3 aromatic rings. The fraction of sp³-hybridized carbons (Fsp3) is 0.211. The zero-order chi connectivity index (χ0) is 19.1. The maximum atomic E-state index is 14.1. The lowest BCUT2D eigenvalue weighted by Gasteiger charge is -2.37. The number of pyridine rings is 1. The van der Waals surface area contributed by atoms with Crippen molar-refractivity contribution in [3.8, 4) is 0 Å². The first kappa shape index (κ1) is 19.0. The van der Waals surface area contributed by atoms with Gasteiger partial charge in [0.1, 0.15) is 0 Å². The summed E-state index contributed by atoms with van der Waals surface area (Å²) < 4.78 is 42.4. The molecule has 0 saturated heterocycles. The Hall–Kier alpha value is -1.82. The van der Waals surface area contributed by atoms with Gasteiger partial charge >= 0.3 is 6.18 Å². The Kier molecular flexibility index (Phi) is 4.90. The van der Waals surface area contributed by atoms with Crippen LogP contribution in [0.25, 0.3) is 10.9 Å². The van der Waals surface area contributed by atoms with Gasteiger partial charge in [0.25, 0.3) is 0 Å². The van der Waals surface area contributed by atoms with Crippen molar-refractivity contribution in [2.45, 2.75) is 24.6 Å². The van der Waals surface area contributed by atoms with E-state index >= 15 is 0 Å². The van der Waals surface area contributed by atoms with Gasteiger partial charge < -0.3 is 5.11 Å². The van der Waals surface area contributed by atoms with Crippen LogP contribution in [0.4, 0.5) is 13.2 Å². The van der Waals surface area contributed by atoms with Crippen LogP contribution in [0.3, 0.4) is 0 Å². The Morgan fingerprint density at radius 3 is 2.38 bits per heavy atom. The second-order valence-electron chi connectivity index (χ2n) is 6.03. The standard InChI is InChI=1S/C19H14Cl2F3NO/c1-11(14-8-7-13(20)10-16(14)21)18(26,19(22,23)24)15-6-2-4-12-5-3-9-25-17(12)15/h2-11,26H,1H3/t11-,18-/m0/s1. The van der Waals surface area contributed by atoms with Crippen molar-refractivity contribution in [1.82, 2.24) is 4.98 Å². The van der Waals surface area contributed by atoms with Gasteiger partial charge in [0.05, 0.1) is 5.52 Å². The summed E-state index contributed by atoms with van der Waals surface area (Å²) in [5.41, 5.74) is -3.27. The predicted molar refractivity (Wildman–Crippen MR) is 96.6 cm³/mol. The molecular formula is C19H14Cl2F3NO. The molecule has 26 heavy (non-hydrogen) atoms. The molecule has 0 aliphatic carbocycles. The average Bonchev–Trinajstić information content (AvgIpc) is 2.59. The van der Waals surface area contributed by atoms with Gasteiger partial charge in [0, 0.05) is 33.1 Å². The number of benzene rings is 2. The lowest BCUT2D eigenvalue weighted by Crippen LogP contribution is -2.46. The third-order valence-electron chi connectivity index (χ3n) is 4.53. The number of hydrogen-bond acceptors (Lipinski definition) is 2. The smallest absolute Gasteiger partial charge is 0.376 e. The minimum absolute atomic E-state index is 0.0564. The van der Waals surface area contributed by atoms with E-state index in [0.29, 0.717) is 10.4 Å². The number of rotatable bonds is 3. The number of halogens is 5. The molecular weight excluding hydrogens is 386 g/mol. The van der Waals surface area contributed by atoms with Gasteiger partial charge in [-0.25, -0.2) is 0 Å². The number of alkyl halides is 3. The maximum absolute atomic E-state index is 14.1. The number of hydrogen-bond donors (Lipinski definition) is 1. The van der Waals surface area contributed by atoms with Crippen LogP contribution in [0, 0.1) is 0 Å². The fourth-order valence-corrected chi connectivity index (χ4v) is 3.69. The van der Waals surface area contributed by atoms with Gasteiger partial charge in [-0.1, -0.05) is 60.5 Å². The molecule has 1 N–H and O–H groups in total. The Balaban J connectivity index is 2.28. The molecule has 2 aromatic carbocycles. The molecule has 0 aliphatic rings. The molecule has 7 heteroatoms. The van der Waals surface area contributed by atoms with Crippen LogP contribution in [0.1, 0.15) is 24.0 Å². The molecule has 1 aromatic heterocycles. The first-order valence-corrected chi connectivity index (χ1v) is 8.50. The van der Waals surface area contributed by atoms with Gasteiger partial charge in [-0.15, -0.1) is 0 Å². The Morgan fingerprint density at radius 1 is 1.04 bits per heavy atom. The molecule has 0 spiro atoms. The van der Waals surface area contributed by atoms with Crippen LogP contribution in [-0.4, -0.2) is 16.3 Å². The van der Waals surface area contributed by atoms with Crippen LogP contribution >= 0.6 is 23.2 Å². The molecule has 0 aliphatic heterocycles. The third kappa shape index (κ3) is 3.04. The molecule has 2 atom stereocenters. The number of para-hydroxylation sites is 1. The van der Waals surface area contributed by atoms with E-state index in [2.05, 4.69) is 4.98 Å². The van der Waals surface area contributed by atoms with Crippen molar-refractivity contribution in [2.75, 3.05) is 0 Å². The second-order valence-corrected chi connectivity index (χ2v) is 6.88. The normalized spacial score (nSPS) is 15.7. The van der Waals surface area contributed by atoms with Crippen LogP contribution < -0.4 is 0 Å². The Labute approximate surface area is 158 Å². The van der Waals surface area contributed by atoms with Crippen LogP contribution in [0.2, 0.25) is 10.0 Å². The summed E-state index contributed by atoms with van der Waals surface area (Å²) in [6.07, 6.45) is -3.57. The number of aromatic nitrogens is 1. The summed E-state index contributed by atoms with van der Waals surface area (Å²) in [6, 6.07) is 11.8. The number of aliphatic hydroxyl groups is 1. The Morgan fingerprint density at radius 2 is 1.73 bits per heavy atom. The molecule has 3 rings (SSSR count). The molecule has 2 nitrogen and oxygen atoms in total. The second kappa shape index (κ2) is 6.72. The minimum Gasteiger partial charge on any atom is -0.376 e. The highest BCUT2D eigenvalue weighted by Crippen LogP contribution is 2.51. The quantitative estimate of drug-likeness (QED) is 0.577. The van der Waals surface area contributed by atoms with Crippen LogP contribution in [0.5, 0.6) is 0 Å². The molecule has 0 saturated carbocycles. The first-order valence-electron chi connectivity index (χ1n) is 7.74. The maximum Gasteiger partial charge on any atom is 0.422 e. The van der Waals surface area contributed by atoms with Crippen molar-refractivity contribution in [3.63, 3.8) is 0 Å². The summed E-state index contributed by atoms with van der Waals surface area (Å²) in [5.74, 6) is -1.39. The average molecular weight is 400 g/mol. The molecule has 1 heterocycles. The molecule has 0 radical (unpaired) electrons. The van der Waals surface area contributed by atoms with E-state index in [1.807, 2.05) is 0 Å². The van der Waals surface area contributed by atoms with Gasteiger partial charge in [0.2, 0.25) is 0 Å². The molecule has 136 valence electrons. The number of nitrogens with zero attached hydrogens (tertiary/aromatic N) is 1. The van der Waals surface area contributed by atoms with Crippen LogP contribution in [-0.2, 0) is 5.60 Å². The van der Waals surface area contributed by atoms with Crippen LogP contribution in [0.15, 0.2) is 54.7 Å². The number of fused-ring (bicyclic) bond motifs is 1. The fourth-order valence-electron chi connectivity index (χ4n) is 3.12. The lowest BCUT2D eigenvalue weighted by atomic mass is 9.77. The first-order chi connectivity index (χ1) is 12.2. The van der Waals surface area contributed by atoms with Crippen molar-refractivity contribution in [1.29, 1.82) is 0 Å². The monoisotopic (exact) mass is 399 g/mol. The van der Waals surface area contributed by atoms with E-state index < -0.39 is 17.7 Å². The van der Waals surface area contributed by atoms with E-state index in [1.165, 1.54) is 43.5 Å². The van der Waals surface area contributed by atoms with E-state index in [-0.39, 0.29) is 21.7 Å². The van der Waals surface area contributed by atoms with Gasteiger partial charge in [-0.05, 0) is 23.8 Å². The molecule has 0 amide bonds. The van der Waals surface area contributed by atoms with E-state index in [1.54, 1.807) is 18.2 Å². The zero-order valence-corrected chi connectivity index (χ0v) is 15.1. The summed E-state index contributed by atoms with van der Waals surface area (Å²) in [4.78, 5) is 4.06. The van der Waals surface area contributed by atoms with Crippen molar-refractivity contribution < 1.29 is 18.3 Å². The Bertz CT molecular complexity index is 956. The van der Waals surface area contributed by atoms with Gasteiger partial charge in [-0.2, -0.15) is 13.2 Å². The van der Waals surface area contributed by atoms with E-state index in [4.69, 9.17) is 23.2 Å². The third-order valence-corrected chi connectivity index (χ3v) is 5.09. The van der Waals surface area contributed by atoms with Crippen molar-refractivity contribution in [3.05, 3.63) is 75.9 Å². The van der Waals surface area contributed by atoms with E-state index in [0.717, 1.165) is 0 Å². The minimum atomic E-state index is -4.96. The highest BCUT2D eigenvalue weighted by Gasteiger charge is 2.59. The zero-order valence-electron chi connectivity index (χ0n) is 13.6. The molecule has 0 fully saturated rings. The van der Waals surface area contributed by atoms with Crippen molar-refractivity contribution >= 4 is 34.1 Å². The SMILES string of the molecule is C[C@@H](c1ccc(Cl)cc1Cl)[C@](O)(c1cccc2cccnc12)C(F)(F)F. The summed E-state index contributed by atoms with van der Waals surface area (Å²) in [6.45, 7) is 1.28. The lowest BCUT2D eigenvalue weighted by molar-refractivity contribution is -0.274. The van der Waals surface area contributed by atoms with E-state index in [9.17, 15) is 18.3 Å². The van der Waals surface area contributed by atoms with Crippen molar-refractivity contribution in [2.24, 2.45) is 0 Å². The largest absolute Gasteiger partial charge is 0.422 e. The predicted octanol–water partition coefficient (Wildman–Crippen LogP) is 6.10. The van der Waals surface area contributed by atoms with Gasteiger partial charge in [-0.3, -0.25) is 4.98 Å². The summed E-state index contributed by atoms with van der Waals surface area (Å²) in [5, 5.41) is 11.8. The topological polar surface area (TPSA) is 33.1 Å². The van der Waals surface area contributed by atoms with Gasteiger partial charge in [0.15, 0.2) is 5.60 Å². The summed E-state index contributed by atoms with van der Waals surface area (Å²) in [7, 11) is 0. The summed E-state index contributed by atoms with van der Waals surface area (Å²) >= 11 is 11.9. The highest BCUT2D eigenvalue weighted by molar-refractivity contribution is 6.35. The molecule has 0 bridgehead atoms. The molecule has 0 unspecified atom stereocenters.